The summed E-state index contributed by atoms with van der Waals surface area (Å²) in [5.41, 5.74) is 1.10. The number of likely N-dealkylation sites (tertiary alicyclic amines) is 1. The van der Waals surface area contributed by atoms with Gasteiger partial charge in [0.1, 0.15) is 5.60 Å². The fraction of sp³-hybridized carbons (Fsp3) is 0.500. The number of nitrogens with zero attached hydrogens (tertiary/aromatic N) is 2. The molecule has 1 fully saturated rings. The summed E-state index contributed by atoms with van der Waals surface area (Å²) in [5, 5.41) is 2.91. The van der Waals surface area contributed by atoms with E-state index in [1.54, 1.807) is 19.3 Å². The van der Waals surface area contributed by atoms with Gasteiger partial charge in [-0.3, -0.25) is 9.78 Å². The second kappa shape index (κ2) is 6.73. The predicted molar refractivity (Wildman–Crippen MR) is 89.0 cm³/mol. The number of amides is 1. The Labute approximate surface area is 141 Å². The Morgan fingerprint density at radius 1 is 1.42 bits per heavy atom. The summed E-state index contributed by atoms with van der Waals surface area (Å²) in [4.78, 5) is 31.2. The molecule has 1 amide bonds. The topological polar surface area (TPSA) is 71.5 Å². The maximum atomic E-state index is 12.8. The summed E-state index contributed by atoms with van der Waals surface area (Å²) in [6, 6.07) is 3.73. The maximum absolute atomic E-state index is 12.8. The van der Waals surface area contributed by atoms with Gasteiger partial charge in [0, 0.05) is 50.4 Å². The lowest BCUT2D eigenvalue weighted by atomic mass is 9.82. The molecule has 2 aliphatic rings. The Hall–Kier alpha value is -2.21. The molecular weight excluding hydrogens is 306 g/mol. The Morgan fingerprint density at radius 2 is 2.17 bits per heavy atom. The molecule has 0 aromatic carbocycles. The smallest absolute Gasteiger partial charge is 0.335 e. The van der Waals surface area contributed by atoms with Crippen LogP contribution in [0.25, 0.3) is 0 Å². The van der Waals surface area contributed by atoms with Crippen LogP contribution in [-0.4, -0.2) is 47.0 Å². The first-order chi connectivity index (χ1) is 11.6. The van der Waals surface area contributed by atoms with E-state index in [9.17, 15) is 9.59 Å². The van der Waals surface area contributed by atoms with Crippen molar-refractivity contribution in [2.75, 3.05) is 19.6 Å². The maximum Gasteiger partial charge on any atom is 0.335 e. The summed E-state index contributed by atoms with van der Waals surface area (Å²) < 4.78 is 5.67. The van der Waals surface area contributed by atoms with Gasteiger partial charge in [0.05, 0.1) is 5.57 Å². The monoisotopic (exact) mass is 329 g/mol. The molecule has 0 aliphatic carbocycles. The molecule has 0 radical (unpaired) electrons. The van der Waals surface area contributed by atoms with Gasteiger partial charge < -0.3 is 15.0 Å². The Balaban J connectivity index is 1.75. The molecule has 3 heterocycles. The van der Waals surface area contributed by atoms with Crippen LogP contribution < -0.4 is 5.32 Å². The summed E-state index contributed by atoms with van der Waals surface area (Å²) >= 11 is 0. The number of piperidine rings is 1. The molecule has 3 rings (SSSR count). The number of aromatic nitrogens is 1. The van der Waals surface area contributed by atoms with E-state index in [4.69, 9.17) is 4.74 Å². The van der Waals surface area contributed by atoms with Crippen molar-refractivity contribution in [2.24, 2.45) is 0 Å². The van der Waals surface area contributed by atoms with Crippen LogP contribution in [0.2, 0.25) is 0 Å². The summed E-state index contributed by atoms with van der Waals surface area (Å²) in [6.45, 7) is 6.81. The number of carbonyl (C=O) groups excluding carboxylic acids is 2. The number of hydrogen-bond acceptors (Lipinski definition) is 5. The molecule has 1 saturated heterocycles. The molecule has 0 atom stereocenters. The molecule has 1 N–H and O–H groups in total. The zero-order chi connectivity index (χ0) is 17.2. The van der Waals surface area contributed by atoms with Crippen LogP contribution in [0, 0.1) is 0 Å². The van der Waals surface area contributed by atoms with Crippen LogP contribution in [0.15, 0.2) is 35.7 Å². The number of carbonyl (C=O) groups is 2. The lowest BCUT2D eigenvalue weighted by Gasteiger charge is -2.39. The van der Waals surface area contributed by atoms with E-state index >= 15 is 0 Å². The quantitative estimate of drug-likeness (QED) is 0.846. The molecule has 1 spiro atoms. The SMILES string of the molecule is CCN1CCC2(CC1)OC(=O)C(C)=C2C(=O)NCc1cccnc1. The number of esters is 1. The highest BCUT2D eigenvalue weighted by Crippen LogP contribution is 2.40. The van der Waals surface area contributed by atoms with Gasteiger partial charge in [-0.15, -0.1) is 0 Å². The Morgan fingerprint density at radius 3 is 2.79 bits per heavy atom. The number of hydrogen-bond donors (Lipinski definition) is 1. The van der Waals surface area contributed by atoms with Crippen LogP contribution in [0.1, 0.15) is 32.3 Å². The van der Waals surface area contributed by atoms with Crippen molar-refractivity contribution in [3.63, 3.8) is 0 Å². The van der Waals surface area contributed by atoms with Crippen LogP contribution in [0.3, 0.4) is 0 Å². The largest absolute Gasteiger partial charge is 0.450 e. The fourth-order valence-electron chi connectivity index (χ4n) is 3.48. The third-order valence-electron chi connectivity index (χ3n) is 4.94. The number of ether oxygens (including phenoxy) is 1. The van der Waals surface area contributed by atoms with Crippen LogP contribution in [-0.2, 0) is 20.9 Å². The fourth-order valence-corrected chi connectivity index (χ4v) is 3.48. The second-order valence-corrected chi connectivity index (χ2v) is 6.36. The van der Waals surface area contributed by atoms with E-state index in [0.29, 0.717) is 30.5 Å². The lowest BCUT2D eigenvalue weighted by Crippen LogP contribution is -2.48. The zero-order valence-electron chi connectivity index (χ0n) is 14.2. The van der Waals surface area contributed by atoms with E-state index in [-0.39, 0.29) is 11.9 Å². The average molecular weight is 329 g/mol. The van der Waals surface area contributed by atoms with Crippen LogP contribution >= 0.6 is 0 Å². The molecule has 0 unspecified atom stereocenters. The number of rotatable bonds is 4. The van der Waals surface area contributed by atoms with Crippen molar-refractivity contribution in [3.05, 3.63) is 41.2 Å². The van der Waals surface area contributed by atoms with E-state index in [1.807, 2.05) is 12.1 Å². The highest BCUT2D eigenvalue weighted by Gasteiger charge is 2.50. The molecule has 6 nitrogen and oxygen atoms in total. The predicted octanol–water partition coefficient (Wildman–Crippen LogP) is 1.43. The first kappa shape index (κ1) is 16.6. The highest BCUT2D eigenvalue weighted by molar-refractivity contribution is 6.07. The van der Waals surface area contributed by atoms with Crippen molar-refractivity contribution in [3.8, 4) is 0 Å². The van der Waals surface area contributed by atoms with Gasteiger partial charge in [-0.25, -0.2) is 4.79 Å². The standard InChI is InChI=1S/C18H23N3O3/c1-3-21-9-6-18(7-10-21)15(13(2)17(23)24-18)16(22)20-12-14-5-4-8-19-11-14/h4-5,8,11H,3,6-7,9-10,12H2,1-2H3,(H,20,22). The van der Waals surface area contributed by atoms with Crippen molar-refractivity contribution in [2.45, 2.75) is 38.8 Å². The van der Waals surface area contributed by atoms with Crippen molar-refractivity contribution in [1.29, 1.82) is 0 Å². The third kappa shape index (κ3) is 3.06. The first-order valence-corrected chi connectivity index (χ1v) is 8.40. The van der Waals surface area contributed by atoms with Crippen LogP contribution in [0.5, 0.6) is 0 Å². The second-order valence-electron chi connectivity index (χ2n) is 6.36. The van der Waals surface area contributed by atoms with E-state index in [1.165, 1.54) is 0 Å². The lowest BCUT2D eigenvalue weighted by molar-refractivity contribution is -0.150. The first-order valence-electron chi connectivity index (χ1n) is 8.40. The Bertz CT molecular complexity index is 661. The van der Waals surface area contributed by atoms with E-state index in [0.717, 1.165) is 25.2 Å². The van der Waals surface area contributed by atoms with Gasteiger partial charge in [0.2, 0.25) is 0 Å². The van der Waals surface area contributed by atoms with Gasteiger partial charge in [-0.2, -0.15) is 0 Å². The summed E-state index contributed by atoms with van der Waals surface area (Å²) in [6.07, 6.45) is 4.74. The zero-order valence-corrected chi connectivity index (χ0v) is 14.2. The molecule has 1 aromatic heterocycles. The normalized spacial score (nSPS) is 20.3. The third-order valence-corrected chi connectivity index (χ3v) is 4.94. The number of nitrogens with one attached hydrogen (secondary N) is 1. The summed E-state index contributed by atoms with van der Waals surface area (Å²) in [7, 11) is 0. The van der Waals surface area contributed by atoms with E-state index < -0.39 is 5.60 Å². The van der Waals surface area contributed by atoms with E-state index in [2.05, 4.69) is 22.1 Å². The van der Waals surface area contributed by atoms with Crippen molar-refractivity contribution >= 4 is 11.9 Å². The molecule has 0 saturated carbocycles. The summed E-state index contributed by atoms with van der Waals surface area (Å²) in [5.74, 6) is -0.585. The van der Waals surface area contributed by atoms with Gasteiger partial charge in [-0.1, -0.05) is 13.0 Å². The van der Waals surface area contributed by atoms with Crippen molar-refractivity contribution < 1.29 is 14.3 Å². The van der Waals surface area contributed by atoms with Gasteiger partial charge in [0.25, 0.3) is 5.91 Å². The minimum absolute atomic E-state index is 0.216. The van der Waals surface area contributed by atoms with Gasteiger partial charge in [0.15, 0.2) is 0 Å². The van der Waals surface area contributed by atoms with Crippen LogP contribution in [0.4, 0.5) is 0 Å². The highest BCUT2D eigenvalue weighted by atomic mass is 16.6. The van der Waals surface area contributed by atoms with Gasteiger partial charge in [-0.05, 0) is 25.1 Å². The molecule has 2 aliphatic heterocycles. The molecule has 1 aromatic rings. The number of pyridine rings is 1. The molecule has 0 bridgehead atoms. The molecule has 6 heteroatoms. The molecule has 24 heavy (non-hydrogen) atoms. The minimum atomic E-state index is -0.758. The molecule has 128 valence electrons. The minimum Gasteiger partial charge on any atom is -0.450 e. The van der Waals surface area contributed by atoms with Gasteiger partial charge >= 0.3 is 5.97 Å². The molecular formula is C18H23N3O3. The average Bonchev–Trinajstić information content (AvgIpc) is 2.85. The Kier molecular flexibility index (Phi) is 4.66. The van der Waals surface area contributed by atoms with Crippen molar-refractivity contribution in [1.82, 2.24) is 15.2 Å².